The number of hydrogen-bond donors (Lipinski definition) is 5. The molecule has 0 rings (SSSR count). The van der Waals surface area contributed by atoms with E-state index in [0.717, 1.165) is 0 Å². The van der Waals surface area contributed by atoms with Gasteiger partial charge in [0.05, 0.1) is 27.6 Å². The van der Waals surface area contributed by atoms with Crippen molar-refractivity contribution < 1.29 is 66.5 Å². The normalized spacial score (nSPS) is 6.00. The fourth-order valence-corrected chi connectivity index (χ4v) is 0.489. The number of methoxy groups -OCH3 is 2. The first-order valence-electron chi connectivity index (χ1n) is 4.82. The van der Waals surface area contributed by atoms with Crippen LogP contribution < -0.4 is 21.3 Å². The second-order valence-electron chi connectivity index (χ2n) is 2.45. The van der Waals surface area contributed by atoms with Gasteiger partial charge >= 0.3 is 18.3 Å². The molecule has 0 spiro atoms. The molecule has 0 fully saturated rings. The summed E-state index contributed by atoms with van der Waals surface area (Å²) in [6, 6.07) is 0. The molecule has 0 saturated carbocycles. The van der Waals surface area contributed by atoms with Gasteiger partial charge in [-0.25, -0.2) is 14.4 Å². The molecular formula is C12H31I2N4O7Y-. The molecule has 0 aliphatic carbocycles. The Labute approximate surface area is 205 Å². The van der Waals surface area contributed by atoms with Crippen LogP contribution >= 0.6 is 37.2 Å². The molecule has 14 heteroatoms. The van der Waals surface area contributed by atoms with Crippen LogP contribution in [0.1, 0.15) is 29.7 Å². The summed E-state index contributed by atoms with van der Waals surface area (Å²) >= 11 is 4.24. The maximum atomic E-state index is 10.2. The molecule has 0 aromatic carbocycles. The zero-order valence-electron chi connectivity index (χ0n) is 11.6. The minimum Gasteiger partial charge on any atom is -0.520 e. The molecule has 4 amide bonds. The smallest absolute Gasteiger partial charge is 0.408 e. The fourth-order valence-electron chi connectivity index (χ4n) is 0.489. The van der Waals surface area contributed by atoms with Crippen LogP contribution in [0.3, 0.4) is 0 Å². The van der Waals surface area contributed by atoms with Crippen molar-refractivity contribution in [3.63, 3.8) is 0 Å². The Morgan fingerprint density at radius 2 is 1.23 bits per heavy atom. The molecule has 0 unspecified atom stereocenters. The number of rotatable bonds is 5. The van der Waals surface area contributed by atoms with Crippen LogP contribution in [0.2, 0.25) is 0 Å². The molecular weight excluding hydrogens is 655 g/mol. The number of carbonyl (C=O) groups excluding carboxylic acids is 3. The Kier molecular flexibility index (Phi) is 85.5. The summed E-state index contributed by atoms with van der Waals surface area (Å²) in [5.74, 6) is 0. The van der Waals surface area contributed by atoms with E-state index in [4.69, 9.17) is 5.11 Å². The van der Waals surface area contributed by atoms with E-state index < -0.39 is 18.3 Å². The third-order valence-corrected chi connectivity index (χ3v) is 1.24. The summed E-state index contributed by atoms with van der Waals surface area (Å²) in [4.78, 5) is 39.6. The minimum absolute atomic E-state index is 0. The molecule has 0 aliphatic heterocycles. The SMILES string of the molecule is C.C.C.C.COC(=O)NCNC(=O)O.COC(=O)NCN[C-]=O.II.[Y]. The van der Waals surface area contributed by atoms with E-state index in [1.54, 1.807) is 0 Å². The molecule has 0 saturated heterocycles. The molecule has 159 valence electrons. The van der Waals surface area contributed by atoms with Crippen LogP contribution in [-0.2, 0) is 47.0 Å². The van der Waals surface area contributed by atoms with Crippen LogP contribution in [0, 0.1) is 0 Å². The predicted molar refractivity (Wildman–Crippen MR) is 116 cm³/mol. The molecule has 11 nitrogen and oxygen atoms in total. The fraction of sp³-hybridized carbons (Fsp3) is 0.667. The average Bonchev–Trinajstić information content (AvgIpc) is 2.49. The van der Waals surface area contributed by atoms with Crippen LogP contribution in [-0.4, -0.2) is 57.4 Å². The summed E-state index contributed by atoms with van der Waals surface area (Å²) in [6.45, 7) is -0.113. The molecule has 0 bridgehead atoms. The second kappa shape index (κ2) is 44.4. The first-order chi connectivity index (χ1) is 9.97. The Bertz CT molecular complexity index is 317. The number of carboxylic acid groups (broad SMARTS) is 1. The first kappa shape index (κ1) is 50.1. The van der Waals surface area contributed by atoms with Gasteiger partial charge in [-0.1, -0.05) is 29.7 Å². The number of alkyl carbamates (subject to hydrolysis) is 2. The van der Waals surface area contributed by atoms with Gasteiger partial charge in [0, 0.05) is 69.9 Å². The molecule has 0 aromatic rings. The minimum atomic E-state index is -1.20. The Hall–Kier alpha value is -0.156. The van der Waals surface area contributed by atoms with E-state index in [-0.39, 0.29) is 75.8 Å². The molecule has 0 aromatic heterocycles. The van der Waals surface area contributed by atoms with Gasteiger partial charge in [0.15, 0.2) is 0 Å². The average molecular weight is 686 g/mol. The summed E-state index contributed by atoms with van der Waals surface area (Å²) in [7, 11) is 2.43. The zero-order chi connectivity index (χ0) is 17.1. The van der Waals surface area contributed by atoms with E-state index in [0.29, 0.717) is 0 Å². The Morgan fingerprint density at radius 3 is 1.50 bits per heavy atom. The maximum absolute atomic E-state index is 10.2. The Balaban J connectivity index is -0.0000000322. The summed E-state index contributed by atoms with van der Waals surface area (Å²) in [6.07, 6.45) is -1.08. The van der Waals surface area contributed by atoms with Crippen molar-refractivity contribution in [2.45, 2.75) is 29.7 Å². The van der Waals surface area contributed by atoms with E-state index >= 15 is 0 Å². The third-order valence-electron chi connectivity index (χ3n) is 1.24. The molecule has 26 heavy (non-hydrogen) atoms. The number of hydrogen-bond acceptors (Lipinski definition) is 6. The molecule has 5 N–H and O–H groups in total. The number of amides is 4. The number of halogens is 2. The molecule has 1 radical (unpaired) electrons. The van der Waals surface area contributed by atoms with E-state index in [9.17, 15) is 19.2 Å². The van der Waals surface area contributed by atoms with Gasteiger partial charge in [-0.3, -0.25) is 0 Å². The van der Waals surface area contributed by atoms with Crippen molar-refractivity contribution in [2.75, 3.05) is 27.6 Å². The summed E-state index contributed by atoms with van der Waals surface area (Å²) in [5.41, 5.74) is 0. The second-order valence-corrected chi connectivity index (χ2v) is 2.45. The number of carbonyl (C=O) groups is 3. The molecule has 0 heterocycles. The van der Waals surface area contributed by atoms with Crippen molar-refractivity contribution in [2.24, 2.45) is 0 Å². The zero-order valence-corrected chi connectivity index (χ0v) is 18.8. The quantitative estimate of drug-likeness (QED) is 0.0981. The van der Waals surface area contributed by atoms with Crippen LogP contribution in [0.4, 0.5) is 14.4 Å². The van der Waals surface area contributed by atoms with E-state index in [1.807, 2.05) is 5.32 Å². The van der Waals surface area contributed by atoms with Crippen LogP contribution in [0.15, 0.2) is 0 Å². The van der Waals surface area contributed by atoms with Crippen molar-refractivity contribution in [1.82, 2.24) is 21.3 Å². The first-order valence-corrected chi connectivity index (χ1v) is 11.1. The van der Waals surface area contributed by atoms with Gasteiger partial charge in [0.2, 0.25) is 0 Å². The van der Waals surface area contributed by atoms with Gasteiger partial charge in [0.25, 0.3) is 0 Å². The van der Waals surface area contributed by atoms with Gasteiger partial charge in [-0.15, -0.1) is 0 Å². The van der Waals surface area contributed by atoms with Crippen molar-refractivity contribution in [1.29, 1.82) is 0 Å². The standard InChI is InChI=1S/C4H8N2O4.C4H7N2O3.4CH4.I2.Y/c1-10-4(9)6-2-5-3(7)8;1-9-4(8)6-2-5-3-7;;;;;1-2;/h5H,2H2,1H3,(H,6,9)(H,7,8);2H2,1H3,(H,5,7)(H,6,8);4*1H4;;/q;-1;;;;;;. The Morgan fingerprint density at radius 1 is 0.885 bits per heavy atom. The molecule has 0 aliphatic rings. The monoisotopic (exact) mass is 686 g/mol. The third kappa shape index (κ3) is 56.5. The van der Waals surface area contributed by atoms with Crippen molar-refractivity contribution >= 4 is 61.9 Å². The van der Waals surface area contributed by atoms with Gasteiger partial charge < -0.3 is 40.6 Å². The summed E-state index contributed by atoms with van der Waals surface area (Å²) in [5, 5.41) is 16.3. The number of nitrogens with one attached hydrogen (secondary N) is 4. The van der Waals surface area contributed by atoms with E-state index in [1.165, 1.54) is 20.6 Å². The van der Waals surface area contributed by atoms with Crippen molar-refractivity contribution in [3.05, 3.63) is 0 Å². The predicted octanol–water partition coefficient (Wildman–Crippen LogP) is 2.84. The maximum Gasteiger partial charge on any atom is 0.408 e. The van der Waals surface area contributed by atoms with E-state index in [2.05, 4.69) is 62.7 Å². The molecule has 0 atom stereocenters. The van der Waals surface area contributed by atoms with Gasteiger partial charge in [0.1, 0.15) is 0 Å². The largest absolute Gasteiger partial charge is 0.520 e. The van der Waals surface area contributed by atoms with Gasteiger partial charge in [-0.05, 0) is 0 Å². The van der Waals surface area contributed by atoms with Crippen LogP contribution in [0.5, 0.6) is 0 Å². The van der Waals surface area contributed by atoms with Crippen molar-refractivity contribution in [3.8, 4) is 0 Å². The van der Waals surface area contributed by atoms with Crippen LogP contribution in [0.25, 0.3) is 0 Å². The number of ether oxygens (including phenoxy) is 2. The summed E-state index contributed by atoms with van der Waals surface area (Å²) < 4.78 is 8.33. The van der Waals surface area contributed by atoms with Gasteiger partial charge in [-0.2, -0.15) is 6.41 Å². The topological polar surface area (TPSA) is 155 Å².